The van der Waals surface area contributed by atoms with Crippen LogP contribution in [0.25, 0.3) is 11.3 Å². The Morgan fingerprint density at radius 1 is 0.897 bits per heavy atom. The maximum atomic E-state index is 12.6. The number of nitrogens with one attached hydrogen (secondary N) is 1. The molecule has 3 aromatic carbocycles. The third-order valence-electron chi connectivity index (χ3n) is 4.39. The zero-order valence-electron chi connectivity index (χ0n) is 15.7. The van der Waals surface area contributed by atoms with Gasteiger partial charge in [-0.05, 0) is 17.7 Å². The van der Waals surface area contributed by atoms with E-state index in [1.54, 1.807) is 18.3 Å². The molecule has 0 unspecified atom stereocenters. The number of amides is 1. The highest BCUT2D eigenvalue weighted by atomic mass is 16.5. The highest BCUT2D eigenvalue weighted by molar-refractivity contribution is 5.96. The van der Waals surface area contributed by atoms with E-state index < -0.39 is 0 Å². The Balaban J connectivity index is 1.41. The average Bonchev–Trinajstić information content (AvgIpc) is 3.27. The second-order valence-electron chi connectivity index (χ2n) is 6.44. The molecule has 1 aromatic heterocycles. The fourth-order valence-corrected chi connectivity index (χ4v) is 2.91. The van der Waals surface area contributed by atoms with Crippen LogP contribution in [0, 0.1) is 0 Å². The lowest BCUT2D eigenvalue weighted by Gasteiger charge is -2.11. The van der Waals surface area contributed by atoms with Crippen LogP contribution in [0.1, 0.15) is 21.8 Å². The van der Waals surface area contributed by atoms with Crippen molar-refractivity contribution in [3.8, 4) is 17.1 Å². The van der Waals surface area contributed by atoms with Crippen LogP contribution in [0.3, 0.4) is 0 Å². The van der Waals surface area contributed by atoms with Gasteiger partial charge < -0.3 is 14.5 Å². The summed E-state index contributed by atoms with van der Waals surface area (Å²) in [5.41, 5.74) is 2.46. The van der Waals surface area contributed by atoms with Gasteiger partial charge in [-0.3, -0.25) is 4.79 Å². The highest BCUT2D eigenvalue weighted by Gasteiger charge is 2.13. The van der Waals surface area contributed by atoms with E-state index in [2.05, 4.69) is 10.3 Å². The maximum Gasteiger partial charge on any atom is 0.255 e. The predicted molar refractivity (Wildman–Crippen MR) is 110 cm³/mol. The third kappa shape index (κ3) is 4.71. The molecule has 0 bridgehead atoms. The van der Waals surface area contributed by atoms with Crippen LogP contribution in [0.4, 0.5) is 0 Å². The van der Waals surface area contributed by atoms with Crippen molar-refractivity contribution >= 4 is 5.91 Å². The van der Waals surface area contributed by atoms with E-state index in [0.717, 1.165) is 11.1 Å². The molecular formula is C24H20N2O3. The fourth-order valence-electron chi connectivity index (χ4n) is 2.91. The number of carbonyl (C=O) groups is 1. The summed E-state index contributed by atoms with van der Waals surface area (Å²) in [6.45, 7) is 0.587. The van der Waals surface area contributed by atoms with Crippen LogP contribution in [0.15, 0.2) is 95.5 Å². The number of aromatic nitrogens is 1. The minimum atomic E-state index is -0.193. The van der Waals surface area contributed by atoms with E-state index in [9.17, 15) is 4.79 Å². The molecule has 0 saturated carbocycles. The number of hydrogen-bond donors (Lipinski definition) is 1. The second-order valence-corrected chi connectivity index (χ2v) is 6.44. The van der Waals surface area contributed by atoms with E-state index in [-0.39, 0.29) is 12.5 Å². The molecule has 0 aliphatic carbocycles. The lowest BCUT2D eigenvalue weighted by Crippen LogP contribution is -2.23. The quantitative estimate of drug-likeness (QED) is 0.495. The summed E-state index contributed by atoms with van der Waals surface area (Å²) in [7, 11) is 0. The normalized spacial score (nSPS) is 10.5. The largest absolute Gasteiger partial charge is 0.483 e. The van der Waals surface area contributed by atoms with Crippen LogP contribution in [-0.2, 0) is 13.2 Å². The Morgan fingerprint density at radius 2 is 1.59 bits per heavy atom. The molecule has 0 spiro atoms. The van der Waals surface area contributed by atoms with Crippen LogP contribution in [-0.4, -0.2) is 10.9 Å². The Hall–Kier alpha value is -3.86. The van der Waals surface area contributed by atoms with Crippen molar-refractivity contribution in [1.82, 2.24) is 10.3 Å². The lowest BCUT2D eigenvalue weighted by molar-refractivity contribution is 0.0945. The smallest absolute Gasteiger partial charge is 0.255 e. The number of para-hydroxylation sites is 1. The fraction of sp³-hybridized carbons (Fsp3) is 0.0833. The molecule has 0 atom stereocenters. The molecule has 1 heterocycles. The molecule has 0 aliphatic heterocycles. The van der Waals surface area contributed by atoms with E-state index in [4.69, 9.17) is 9.15 Å². The van der Waals surface area contributed by atoms with Crippen molar-refractivity contribution < 1.29 is 13.9 Å². The van der Waals surface area contributed by atoms with Gasteiger partial charge in [0.15, 0.2) is 12.4 Å². The number of benzene rings is 3. The van der Waals surface area contributed by atoms with Crippen molar-refractivity contribution in [2.75, 3.05) is 0 Å². The van der Waals surface area contributed by atoms with E-state index in [1.165, 1.54) is 0 Å². The summed E-state index contributed by atoms with van der Waals surface area (Å²) < 4.78 is 11.6. The van der Waals surface area contributed by atoms with E-state index >= 15 is 0 Å². The van der Waals surface area contributed by atoms with Gasteiger partial charge in [-0.2, -0.15) is 0 Å². The van der Waals surface area contributed by atoms with Crippen molar-refractivity contribution in [3.05, 3.63) is 108 Å². The van der Waals surface area contributed by atoms with Gasteiger partial charge in [0.05, 0.1) is 11.8 Å². The van der Waals surface area contributed by atoms with Crippen LogP contribution >= 0.6 is 0 Å². The summed E-state index contributed by atoms with van der Waals surface area (Å²) in [4.78, 5) is 16.9. The standard InChI is InChI=1S/C24H20N2O3/c27-24(26-15-18-9-3-1-4-10-18)20-13-7-8-14-21(20)28-17-23-25-16-22(29-23)19-11-5-2-6-12-19/h1-14,16H,15,17H2,(H,26,27). The van der Waals surface area contributed by atoms with Gasteiger partial charge in [0, 0.05) is 12.1 Å². The molecule has 0 saturated heterocycles. The van der Waals surface area contributed by atoms with Gasteiger partial charge in [-0.25, -0.2) is 4.98 Å². The molecule has 0 aliphatic rings. The van der Waals surface area contributed by atoms with Crippen LogP contribution in [0.5, 0.6) is 5.75 Å². The molecule has 5 heteroatoms. The van der Waals surface area contributed by atoms with Gasteiger partial charge in [-0.15, -0.1) is 0 Å². The van der Waals surface area contributed by atoms with Crippen LogP contribution in [0.2, 0.25) is 0 Å². The first kappa shape index (κ1) is 18.5. The Bertz CT molecular complexity index is 1080. The first-order valence-corrected chi connectivity index (χ1v) is 9.34. The summed E-state index contributed by atoms with van der Waals surface area (Å²) in [5.74, 6) is 1.42. The van der Waals surface area contributed by atoms with Gasteiger partial charge in [0.25, 0.3) is 5.91 Å². The zero-order chi connectivity index (χ0) is 19.9. The zero-order valence-corrected chi connectivity index (χ0v) is 15.7. The van der Waals surface area contributed by atoms with Crippen molar-refractivity contribution in [2.24, 2.45) is 0 Å². The Labute approximate surface area is 169 Å². The summed E-state index contributed by atoms with van der Waals surface area (Å²) in [5, 5.41) is 2.92. The monoisotopic (exact) mass is 384 g/mol. The molecule has 1 amide bonds. The van der Waals surface area contributed by atoms with Gasteiger partial charge in [0.2, 0.25) is 5.89 Å². The first-order chi connectivity index (χ1) is 14.3. The molecule has 0 radical (unpaired) electrons. The molecule has 4 aromatic rings. The SMILES string of the molecule is O=C(NCc1ccccc1)c1ccccc1OCc1ncc(-c2ccccc2)o1. The van der Waals surface area contributed by atoms with Gasteiger partial charge >= 0.3 is 0 Å². The van der Waals surface area contributed by atoms with Crippen molar-refractivity contribution in [3.63, 3.8) is 0 Å². The number of carbonyl (C=O) groups excluding carboxylic acids is 1. The molecule has 4 rings (SSSR count). The number of hydrogen-bond acceptors (Lipinski definition) is 4. The predicted octanol–water partition coefficient (Wildman–Crippen LogP) is 4.85. The molecular weight excluding hydrogens is 364 g/mol. The molecule has 1 N–H and O–H groups in total. The highest BCUT2D eigenvalue weighted by Crippen LogP contribution is 2.22. The molecule has 5 nitrogen and oxygen atoms in total. The van der Waals surface area contributed by atoms with E-state index in [1.807, 2.05) is 72.8 Å². The topological polar surface area (TPSA) is 64.4 Å². The summed E-state index contributed by atoms with van der Waals surface area (Å²) >= 11 is 0. The maximum absolute atomic E-state index is 12.6. The summed E-state index contributed by atoms with van der Waals surface area (Å²) in [6.07, 6.45) is 1.67. The third-order valence-corrected chi connectivity index (χ3v) is 4.39. The van der Waals surface area contributed by atoms with Crippen molar-refractivity contribution in [2.45, 2.75) is 13.2 Å². The molecule has 144 valence electrons. The Morgan fingerprint density at radius 3 is 2.38 bits per heavy atom. The number of nitrogens with zero attached hydrogens (tertiary/aromatic N) is 1. The Kier molecular flexibility index (Phi) is 5.67. The number of ether oxygens (including phenoxy) is 1. The first-order valence-electron chi connectivity index (χ1n) is 9.34. The minimum Gasteiger partial charge on any atom is -0.483 e. The average molecular weight is 384 g/mol. The number of rotatable bonds is 7. The van der Waals surface area contributed by atoms with E-state index in [0.29, 0.717) is 29.5 Å². The lowest BCUT2D eigenvalue weighted by atomic mass is 10.1. The van der Waals surface area contributed by atoms with Crippen molar-refractivity contribution in [1.29, 1.82) is 0 Å². The van der Waals surface area contributed by atoms with Gasteiger partial charge in [0.1, 0.15) is 5.75 Å². The summed E-state index contributed by atoms with van der Waals surface area (Å²) in [6, 6.07) is 26.6. The van der Waals surface area contributed by atoms with Crippen LogP contribution < -0.4 is 10.1 Å². The van der Waals surface area contributed by atoms with Gasteiger partial charge in [-0.1, -0.05) is 72.8 Å². The second kappa shape index (κ2) is 8.89. The number of oxazole rings is 1. The minimum absolute atomic E-state index is 0.135. The molecule has 0 fully saturated rings. The molecule has 29 heavy (non-hydrogen) atoms.